The molecular formula is C22H21N3O3S. The van der Waals surface area contributed by atoms with Crippen molar-refractivity contribution in [2.24, 2.45) is 5.14 Å². The van der Waals surface area contributed by atoms with Crippen LogP contribution in [-0.4, -0.2) is 20.9 Å². The molecular weight excluding hydrogens is 386 g/mol. The number of nitrogens with one attached hydrogen (secondary N) is 1. The molecule has 0 radical (unpaired) electrons. The fourth-order valence-electron chi connectivity index (χ4n) is 3.52. The van der Waals surface area contributed by atoms with Crippen molar-refractivity contribution in [1.29, 1.82) is 0 Å². The first kappa shape index (κ1) is 19.2. The number of hydrogen-bond donors (Lipinski definition) is 2. The summed E-state index contributed by atoms with van der Waals surface area (Å²) in [5.74, 6) is -0.173. The van der Waals surface area contributed by atoms with E-state index in [1.54, 1.807) is 12.1 Å². The Kier molecular flexibility index (Phi) is 5.08. The van der Waals surface area contributed by atoms with Gasteiger partial charge >= 0.3 is 0 Å². The van der Waals surface area contributed by atoms with E-state index in [1.807, 2.05) is 30.3 Å². The molecule has 0 fully saturated rings. The molecule has 148 valence electrons. The number of carbonyl (C=O) groups is 1. The van der Waals surface area contributed by atoms with Gasteiger partial charge in [0.2, 0.25) is 15.9 Å². The lowest BCUT2D eigenvalue weighted by molar-refractivity contribution is -0.115. The van der Waals surface area contributed by atoms with E-state index in [9.17, 15) is 13.2 Å². The van der Waals surface area contributed by atoms with E-state index in [4.69, 9.17) is 5.14 Å². The molecule has 1 aliphatic rings. The third kappa shape index (κ3) is 4.31. The third-order valence-corrected chi connectivity index (χ3v) is 5.90. The summed E-state index contributed by atoms with van der Waals surface area (Å²) < 4.78 is 22.6. The van der Waals surface area contributed by atoms with Gasteiger partial charge in [-0.05, 0) is 60.0 Å². The number of primary sulfonamides is 1. The molecule has 0 atom stereocenters. The second-order valence-corrected chi connectivity index (χ2v) is 8.55. The summed E-state index contributed by atoms with van der Waals surface area (Å²) in [7, 11) is -3.73. The van der Waals surface area contributed by atoms with Crippen molar-refractivity contribution in [2.45, 2.75) is 17.7 Å². The summed E-state index contributed by atoms with van der Waals surface area (Å²) in [6.07, 6.45) is 1.17. The first-order valence-corrected chi connectivity index (χ1v) is 10.8. The van der Waals surface area contributed by atoms with Crippen molar-refractivity contribution < 1.29 is 13.2 Å². The van der Waals surface area contributed by atoms with E-state index in [1.165, 1.54) is 23.4 Å². The first-order chi connectivity index (χ1) is 13.9. The van der Waals surface area contributed by atoms with Crippen LogP contribution >= 0.6 is 0 Å². The van der Waals surface area contributed by atoms with Gasteiger partial charge in [-0.25, -0.2) is 13.6 Å². The van der Waals surface area contributed by atoms with Crippen molar-refractivity contribution in [3.8, 4) is 0 Å². The quantitative estimate of drug-likeness (QED) is 0.679. The summed E-state index contributed by atoms with van der Waals surface area (Å²) in [6.45, 7) is 0.944. The molecule has 1 heterocycles. The second-order valence-electron chi connectivity index (χ2n) is 6.99. The normalized spacial score (nSPS) is 13.2. The Balaban J connectivity index is 1.39. The van der Waals surface area contributed by atoms with Crippen molar-refractivity contribution >= 4 is 33.0 Å². The van der Waals surface area contributed by atoms with Gasteiger partial charge in [-0.2, -0.15) is 0 Å². The summed E-state index contributed by atoms with van der Waals surface area (Å²) in [4.78, 5) is 14.6. The van der Waals surface area contributed by atoms with Gasteiger partial charge in [-0.1, -0.05) is 30.3 Å². The molecule has 0 unspecified atom stereocenters. The molecule has 3 aromatic rings. The molecule has 1 amide bonds. The summed E-state index contributed by atoms with van der Waals surface area (Å²) in [6, 6.07) is 22.1. The Labute approximate surface area is 170 Å². The number of nitrogens with zero attached hydrogens (tertiary/aromatic N) is 1. The molecule has 6 nitrogen and oxygen atoms in total. The SMILES string of the molecule is NS(=O)(=O)c1ccc(CC(=O)Nc2ccc(N3CCc4ccccc43)cc2)cc1. The number of benzene rings is 3. The lowest BCUT2D eigenvalue weighted by Crippen LogP contribution is -2.16. The second kappa shape index (κ2) is 7.69. The van der Waals surface area contributed by atoms with E-state index >= 15 is 0 Å². The number of fused-ring (bicyclic) bond motifs is 1. The Morgan fingerprint density at radius 1 is 0.966 bits per heavy atom. The first-order valence-electron chi connectivity index (χ1n) is 9.27. The van der Waals surface area contributed by atoms with Gasteiger partial charge in [0.25, 0.3) is 0 Å². The standard InChI is InChI=1S/C22H21N3O3S/c23-29(27,28)20-11-5-16(6-12-20)15-22(26)24-18-7-9-19(10-8-18)25-14-13-17-3-1-2-4-21(17)25/h1-12H,13-15H2,(H,24,26)(H2,23,27,28). The van der Waals surface area contributed by atoms with Crippen LogP contribution in [0.1, 0.15) is 11.1 Å². The number of sulfonamides is 1. The van der Waals surface area contributed by atoms with E-state index in [-0.39, 0.29) is 17.2 Å². The maximum atomic E-state index is 12.3. The van der Waals surface area contributed by atoms with Crippen molar-refractivity contribution in [3.05, 3.63) is 83.9 Å². The molecule has 4 rings (SSSR count). The van der Waals surface area contributed by atoms with Crippen LogP contribution in [0.25, 0.3) is 0 Å². The van der Waals surface area contributed by atoms with Crippen LogP contribution in [0, 0.1) is 0 Å². The maximum absolute atomic E-state index is 12.3. The number of para-hydroxylation sites is 1. The van der Waals surface area contributed by atoms with Gasteiger partial charge in [0.05, 0.1) is 11.3 Å². The van der Waals surface area contributed by atoms with E-state index in [0.29, 0.717) is 11.3 Å². The van der Waals surface area contributed by atoms with Gasteiger partial charge in [0.1, 0.15) is 0 Å². The van der Waals surface area contributed by atoms with Gasteiger partial charge in [-0.15, -0.1) is 0 Å². The highest BCUT2D eigenvalue weighted by molar-refractivity contribution is 7.89. The maximum Gasteiger partial charge on any atom is 0.238 e. The third-order valence-electron chi connectivity index (χ3n) is 4.97. The largest absolute Gasteiger partial charge is 0.341 e. The molecule has 29 heavy (non-hydrogen) atoms. The van der Waals surface area contributed by atoms with Crippen molar-refractivity contribution in [1.82, 2.24) is 0 Å². The molecule has 7 heteroatoms. The molecule has 0 aliphatic carbocycles. The average Bonchev–Trinajstić information content (AvgIpc) is 3.12. The molecule has 0 bridgehead atoms. The molecule has 0 saturated heterocycles. The molecule has 0 spiro atoms. The van der Waals surface area contributed by atoms with Gasteiger partial charge in [0.15, 0.2) is 0 Å². The molecule has 3 N–H and O–H groups in total. The Bertz CT molecular complexity index is 1140. The average molecular weight is 407 g/mol. The zero-order valence-electron chi connectivity index (χ0n) is 15.7. The summed E-state index contributed by atoms with van der Waals surface area (Å²) in [5.41, 5.74) is 5.09. The fraction of sp³-hybridized carbons (Fsp3) is 0.136. The van der Waals surface area contributed by atoms with Crippen LogP contribution in [0.5, 0.6) is 0 Å². The highest BCUT2D eigenvalue weighted by Gasteiger charge is 2.19. The summed E-state index contributed by atoms with van der Waals surface area (Å²) >= 11 is 0. The van der Waals surface area contributed by atoms with Gasteiger partial charge < -0.3 is 10.2 Å². The monoisotopic (exact) mass is 407 g/mol. The van der Waals surface area contributed by atoms with Crippen LogP contribution in [0.15, 0.2) is 77.7 Å². The number of hydrogen-bond acceptors (Lipinski definition) is 4. The highest BCUT2D eigenvalue weighted by Crippen LogP contribution is 2.34. The lowest BCUT2D eigenvalue weighted by Gasteiger charge is -2.20. The lowest BCUT2D eigenvalue weighted by atomic mass is 10.1. The van der Waals surface area contributed by atoms with Crippen LogP contribution < -0.4 is 15.4 Å². The van der Waals surface area contributed by atoms with Crippen molar-refractivity contribution in [3.63, 3.8) is 0 Å². The zero-order chi connectivity index (χ0) is 20.4. The minimum Gasteiger partial charge on any atom is -0.341 e. The highest BCUT2D eigenvalue weighted by atomic mass is 32.2. The number of anilines is 3. The number of carbonyl (C=O) groups excluding carboxylic acids is 1. The van der Waals surface area contributed by atoms with Crippen LogP contribution in [0.2, 0.25) is 0 Å². The predicted octanol–water partition coefficient (Wildman–Crippen LogP) is 3.21. The topological polar surface area (TPSA) is 92.5 Å². The minimum absolute atomic E-state index is 0.0285. The zero-order valence-corrected chi connectivity index (χ0v) is 16.5. The summed E-state index contributed by atoms with van der Waals surface area (Å²) in [5, 5.41) is 7.96. The number of rotatable bonds is 5. The van der Waals surface area contributed by atoms with Crippen LogP contribution in [-0.2, 0) is 27.7 Å². The minimum atomic E-state index is -3.73. The van der Waals surface area contributed by atoms with Gasteiger partial charge in [0, 0.05) is 23.6 Å². The Morgan fingerprint density at radius 2 is 1.66 bits per heavy atom. The molecule has 1 aliphatic heterocycles. The van der Waals surface area contributed by atoms with E-state index < -0.39 is 10.0 Å². The Hall–Kier alpha value is -3.16. The van der Waals surface area contributed by atoms with E-state index in [2.05, 4.69) is 28.4 Å². The van der Waals surface area contributed by atoms with Crippen LogP contribution in [0.3, 0.4) is 0 Å². The Morgan fingerprint density at radius 3 is 2.34 bits per heavy atom. The number of amides is 1. The van der Waals surface area contributed by atoms with Crippen LogP contribution in [0.4, 0.5) is 17.1 Å². The van der Waals surface area contributed by atoms with E-state index in [0.717, 1.165) is 18.7 Å². The number of nitrogens with two attached hydrogens (primary N) is 1. The predicted molar refractivity (Wildman–Crippen MR) is 114 cm³/mol. The molecule has 0 saturated carbocycles. The molecule has 0 aromatic heterocycles. The van der Waals surface area contributed by atoms with Gasteiger partial charge in [-0.3, -0.25) is 4.79 Å². The van der Waals surface area contributed by atoms with Crippen molar-refractivity contribution in [2.75, 3.05) is 16.8 Å². The fourth-order valence-corrected chi connectivity index (χ4v) is 4.03. The molecule has 3 aromatic carbocycles. The smallest absolute Gasteiger partial charge is 0.238 e.